The van der Waals surface area contributed by atoms with Crippen molar-refractivity contribution in [3.63, 3.8) is 0 Å². The number of ether oxygens (including phenoxy) is 1. The maximum absolute atomic E-state index is 12.1. The van der Waals surface area contributed by atoms with Crippen molar-refractivity contribution in [2.45, 2.75) is 45.4 Å². The Hall–Kier alpha value is -2.90. The van der Waals surface area contributed by atoms with Gasteiger partial charge in [-0.2, -0.15) is 0 Å². The summed E-state index contributed by atoms with van der Waals surface area (Å²) in [4.78, 5) is 14.3. The molecular formula is C24H29N3O4. The third-order valence-electron chi connectivity index (χ3n) is 5.90. The van der Waals surface area contributed by atoms with Gasteiger partial charge in [0, 0.05) is 25.2 Å². The standard InChI is InChI=1S/C24H29N3O4/c1-17-8-9-22(14-18(17)2)30-21-10-12-26(13-11-21)15-20(28)16-27-23(25-31-24(27)29)19-6-4-3-5-7-19/h3-9,14,20-21,28H,10-13,15-16H2,1-2H3. The van der Waals surface area contributed by atoms with E-state index < -0.39 is 11.9 Å². The van der Waals surface area contributed by atoms with Gasteiger partial charge in [-0.05, 0) is 49.9 Å². The zero-order valence-electron chi connectivity index (χ0n) is 18.0. The number of β-amino-alcohol motifs (C(OH)–C–C–N with tert-alkyl or cyclic N) is 1. The molecule has 1 aliphatic heterocycles. The normalized spacial score (nSPS) is 16.4. The minimum absolute atomic E-state index is 0.144. The summed E-state index contributed by atoms with van der Waals surface area (Å²) in [6, 6.07) is 15.6. The fraction of sp³-hybridized carbons (Fsp3) is 0.417. The lowest BCUT2D eigenvalue weighted by Crippen LogP contribution is -2.43. The van der Waals surface area contributed by atoms with E-state index >= 15 is 0 Å². The van der Waals surface area contributed by atoms with Crippen molar-refractivity contribution in [1.29, 1.82) is 0 Å². The van der Waals surface area contributed by atoms with Crippen LogP contribution >= 0.6 is 0 Å². The Kier molecular flexibility index (Phi) is 6.53. The van der Waals surface area contributed by atoms with Crippen LogP contribution in [0.3, 0.4) is 0 Å². The van der Waals surface area contributed by atoms with Crippen molar-refractivity contribution in [1.82, 2.24) is 14.6 Å². The molecule has 2 aromatic carbocycles. The van der Waals surface area contributed by atoms with Crippen molar-refractivity contribution in [2.75, 3.05) is 19.6 Å². The summed E-state index contributed by atoms with van der Waals surface area (Å²) in [6.45, 7) is 6.51. The quantitative estimate of drug-likeness (QED) is 0.629. The first-order valence-corrected chi connectivity index (χ1v) is 10.8. The van der Waals surface area contributed by atoms with Crippen LogP contribution < -0.4 is 10.5 Å². The molecule has 1 saturated heterocycles. The van der Waals surface area contributed by atoms with Gasteiger partial charge < -0.3 is 14.7 Å². The molecule has 1 fully saturated rings. The fourth-order valence-corrected chi connectivity index (χ4v) is 3.98. The molecule has 7 nitrogen and oxygen atoms in total. The van der Waals surface area contributed by atoms with E-state index in [1.54, 1.807) is 0 Å². The summed E-state index contributed by atoms with van der Waals surface area (Å²) in [7, 11) is 0. The molecule has 1 atom stereocenters. The summed E-state index contributed by atoms with van der Waals surface area (Å²) >= 11 is 0. The molecule has 7 heteroatoms. The zero-order valence-corrected chi connectivity index (χ0v) is 18.0. The van der Waals surface area contributed by atoms with E-state index in [0.29, 0.717) is 12.4 Å². The highest BCUT2D eigenvalue weighted by Crippen LogP contribution is 2.22. The molecule has 3 aromatic rings. The molecule has 0 saturated carbocycles. The average Bonchev–Trinajstić information content (AvgIpc) is 3.13. The monoisotopic (exact) mass is 423 g/mol. The van der Waals surface area contributed by atoms with Gasteiger partial charge in [0.25, 0.3) is 0 Å². The first kappa shape index (κ1) is 21.3. The van der Waals surface area contributed by atoms with Gasteiger partial charge in [-0.1, -0.05) is 41.6 Å². The molecular weight excluding hydrogens is 394 g/mol. The third-order valence-corrected chi connectivity index (χ3v) is 5.90. The Labute approximate surface area is 181 Å². The smallest absolute Gasteiger partial charge is 0.441 e. The summed E-state index contributed by atoms with van der Waals surface area (Å²) in [5.41, 5.74) is 3.28. The number of nitrogens with zero attached hydrogens (tertiary/aromatic N) is 3. The number of benzene rings is 2. The Balaban J connectivity index is 1.30. The molecule has 0 aliphatic carbocycles. The van der Waals surface area contributed by atoms with Crippen molar-refractivity contribution >= 4 is 0 Å². The van der Waals surface area contributed by atoms with Gasteiger partial charge in [0.05, 0.1) is 12.6 Å². The van der Waals surface area contributed by atoms with Crippen molar-refractivity contribution in [3.05, 3.63) is 70.2 Å². The summed E-state index contributed by atoms with van der Waals surface area (Å²) in [5, 5.41) is 14.5. The van der Waals surface area contributed by atoms with E-state index in [1.807, 2.05) is 36.4 Å². The number of piperidine rings is 1. The number of aliphatic hydroxyl groups excluding tert-OH is 1. The zero-order chi connectivity index (χ0) is 21.8. The van der Waals surface area contributed by atoms with Crippen LogP contribution in [0.25, 0.3) is 11.4 Å². The number of aliphatic hydroxyl groups is 1. The van der Waals surface area contributed by atoms with Gasteiger partial charge in [-0.25, -0.2) is 4.79 Å². The van der Waals surface area contributed by atoms with Gasteiger partial charge in [0.2, 0.25) is 0 Å². The van der Waals surface area contributed by atoms with E-state index in [1.165, 1.54) is 15.7 Å². The Morgan fingerprint density at radius 1 is 1.10 bits per heavy atom. The van der Waals surface area contributed by atoms with Crippen LogP contribution in [-0.2, 0) is 6.54 Å². The van der Waals surface area contributed by atoms with Gasteiger partial charge in [0.15, 0.2) is 5.82 Å². The second-order valence-electron chi connectivity index (χ2n) is 8.27. The van der Waals surface area contributed by atoms with Crippen LogP contribution in [0.15, 0.2) is 57.8 Å². The molecule has 164 valence electrons. The van der Waals surface area contributed by atoms with Crippen LogP contribution in [0.2, 0.25) is 0 Å². The van der Waals surface area contributed by atoms with Crippen LogP contribution in [-0.4, -0.2) is 51.6 Å². The van der Waals surface area contributed by atoms with Crippen molar-refractivity contribution in [2.24, 2.45) is 0 Å². The first-order valence-electron chi connectivity index (χ1n) is 10.8. The highest BCUT2D eigenvalue weighted by atomic mass is 16.5. The fourth-order valence-electron chi connectivity index (χ4n) is 3.98. The number of hydrogen-bond donors (Lipinski definition) is 1. The van der Waals surface area contributed by atoms with Crippen LogP contribution in [0.1, 0.15) is 24.0 Å². The van der Waals surface area contributed by atoms with Crippen molar-refractivity contribution < 1.29 is 14.4 Å². The molecule has 1 aliphatic rings. The van der Waals surface area contributed by atoms with Gasteiger partial charge in [-0.15, -0.1) is 0 Å². The minimum atomic E-state index is -0.697. The van der Waals surface area contributed by atoms with Gasteiger partial charge in [0.1, 0.15) is 11.9 Å². The lowest BCUT2D eigenvalue weighted by Gasteiger charge is -2.33. The molecule has 0 amide bonds. The SMILES string of the molecule is Cc1ccc(OC2CCN(CC(O)Cn3c(-c4ccccc4)noc3=O)CC2)cc1C. The van der Waals surface area contributed by atoms with Crippen molar-refractivity contribution in [3.8, 4) is 17.1 Å². The second kappa shape index (κ2) is 9.49. The third kappa shape index (κ3) is 5.24. The maximum Gasteiger partial charge on any atom is 0.441 e. The second-order valence-corrected chi connectivity index (χ2v) is 8.27. The molecule has 2 heterocycles. The van der Waals surface area contributed by atoms with Crippen LogP contribution in [0.5, 0.6) is 5.75 Å². The highest BCUT2D eigenvalue weighted by Gasteiger charge is 2.24. The topological polar surface area (TPSA) is 80.7 Å². The Bertz CT molecular complexity index is 1050. The van der Waals surface area contributed by atoms with E-state index in [0.717, 1.165) is 37.2 Å². The van der Waals surface area contributed by atoms with Gasteiger partial charge >= 0.3 is 5.76 Å². The molecule has 0 radical (unpaired) electrons. The number of hydrogen-bond acceptors (Lipinski definition) is 6. The predicted octanol–water partition coefficient (Wildman–Crippen LogP) is 3.02. The highest BCUT2D eigenvalue weighted by molar-refractivity contribution is 5.54. The summed E-state index contributed by atoms with van der Waals surface area (Å²) < 4.78 is 12.4. The minimum Gasteiger partial charge on any atom is -0.490 e. The molecule has 0 bridgehead atoms. The summed E-state index contributed by atoms with van der Waals surface area (Å²) in [5.74, 6) is 0.797. The molecule has 31 heavy (non-hydrogen) atoms. The lowest BCUT2D eigenvalue weighted by atomic mass is 10.1. The van der Waals surface area contributed by atoms with E-state index in [2.05, 4.69) is 36.0 Å². The number of likely N-dealkylation sites (tertiary alicyclic amines) is 1. The van der Waals surface area contributed by atoms with E-state index in [-0.39, 0.29) is 12.6 Å². The molecule has 1 aromatic heterocycles. The molecule has 4 rings (SSSR count). The van der Waals surface area contributed by atoms with E-state index in [4.69, 9.17) is 9.26 Å². The molecule has 1 N–H and O–H groups in total. The van der Waals surface area contributed by atoms with Crippen LogP contribution in [0.4, 0.5) is 0 Å². The van der Waals surface area contributed by atoms with Crippen LogP contribution in [0, 0.1) is 13.8 Å². The predicted molar refractivity (Wildman–Crippen MR) is 118 cm³/mol. The number of aryl methyl sites for hydroxylation is 2. The molecule has 0 spiro atoms. The largest absolute Gasteiger partial charge is 0.490 e. The number of aromatic nitrogens is 2. The first-order chi connectivity index (χ1) is 15.0. The number of rotatable bonds is 7. The summed E-state index contributed by atoms with van der Waals surface area (Å²) in [6.07, 6.45) is 1.29. The molecule has 1 unspecified atom stereocenters. The Morgan fingerprint density at radius 2 is 1.84 bits per heavy atom. The lowest BCUT2D eigenvalue weighted by molar-refractivity contribution is 0.0542. The average molecular weight is 424 g/mol. The van der Waals surface area contributed by atoms with E-state index in [9.17, 15) is 9.90 Å². The maximum atomic E-state index is 12.1. The van der Waals surface area contributed by atoms with Gasteiger partial charge in [-0.3, -0.25) is 9.09 Å². The Morgan fingerprint density at radius 3 is 2.55 bits per heavy atom.